The first kappa shape index (κ1) is 17.3. The van der Waals surface area contributed by atoms with Crippen molar-refractivity contribution in [1.82, 2.24) is 29.8 Å². The average molecular weight is 378 g/mol. The molecule has 2 aromatic heterocycles. The summed E-state index contributed by atoms with van der Waals surface area (Å²) in [5, 5.41) is 17.5. The Bertz CT molecular complexity index is 1040. The molecule has 0 bridgehead atoms. The predicted molar refractivity (Wildman–Crippen MR) is 104 cm³/mol. The zero-order valence-corrected chi connectivity index (χ0v) is 15.8. The number of nitrogens with zero attached hydrogens (tertiary/aromatic N) is 6. The monoisotopic (exact) mass is 378 g/mol. The summed E-state index contributed by atoms with van der Waals surface area (Å²) in [4.78, 5) is 0. The molecule has 0 atom stereocenters. The summed E-state index contributed by atoms with van der Waals surface area (Å²) in [5.41, 5.74) is 3.97. The summed E-state index contributed by atoms with van der Waals surface area (Å²) in [6, 6.07) is 16.0. The lowest BCUT2D eigenvalue weighted by Crippen LogP contribution is -1.96. The zero-order chi connectivity index (χ0) is 18.6. The average Bonchev–Trinajstić information content (AvgIpc) is 3.36. The van der Waals surface area contributed by atoms with Gasteiger partial charge in [0.25, 0.3) is 0 Å². The van der Waals surface area contributed by atoms with Gasteiger partial charge in [-0.3, -0.25) is 0 Å². The smallest absolute Gasteiger partial charge is 0.191 e. The Morgan fingerprint density at radius 1 is 1.07 bits per heavy atom. The van der Waals surface area contributed by atoms with Gasteiger partial charge in [0.2, 0.25) is 0 Å². The number of thioether (sulfide) groups is 1. The summed E-state index contributed by atoms with van der Waals surface area (Å²) in [7, 11) is 3.59. The molecule has 8 heteroatoms. The molecule has 0 aliphatic heterocycles. The van der Waals surface area contributed by atoms with Gasteiger partial charge >= 0.3 is 0 Å². The Labute approximate surface area is 161 Å². The SMILES string of the molecule is COc1ccc(-c2cn(-c3cccc(CSc4nncn4C)c3)nn2)cc1. The largest absolute Gasteiger partial charge is 0.497 e. The Morgan fingerprint density at radius 3 is 2.67 bits per heavy atom. The van der Waals surface area contributed by atoms with Crippen LogP contribution < -0.4 is 4.74 Å². The van der Waals surface area contributed by atoms with Crippen LogP contribution in [0.25, 0.3) is 16.9 Å². The summed E-state index contributed by atoms with van der Waals surface area (Å²) in [6.45, 7) is 0. The number of hydrogen-bond acceptors (Lipinski definition) is 6. The van der Waals surface area contributed by atoms with E-state index in [9.17, 15) is 0 Å². The molecule has 4 rings (SSSR count). The second kappa shape index (κ2) is 7.63. The Hall–Kier alpha value is -3.13. The molecule has 0 aliphatic rings. The van der Waals surface area contributed by atoms with E-state index in [1.807, 2.05) is 54.2 Å². The Kier molecular flexibility index (Phi) is 4.88. The van der Waals surface area contributed by atoms with E-state index in [-0.39, 0.29) is 0 Å². The van der Waals surface area contributed by atoms with Crippen LogP contribution in [0.5, 0.6) is 5.75 Å². The fourth-order valence-electron chi connectivity index (χ4n) is 2.62. The maximum Gasteiger partial charge on any atom is 0.191 e. The molecular weight excluding hydrogens is 360 g/mol. The maximum absolute atomic E-state index is 5.20. The molecule has 2 heterocycles. The van der Waals surface area contributed by atoms with Crippen LogP contribution >= 0.6 is 11.8 Å². The molecule has 0 N–H and O–H groups in total. The summed E-state index contributed by atoms with van der Waals surface area (Å²) in [6.07, 6.45) is 3.63. The third-order valence-electron chi connectivity index (χ3n) is 4.09. The topological polar surface area (TPSA) is 70.7 Å². The van der Waals surface area contributed by atoms with E-state index in [4.69, 9.17) is 4.74 Å². The lowest BCUT2D eigenvalue weighted by molar-refractivity contribution is 0.415. The van der Waals surface area contributed by atoms with Gasteiger partial charge in [-0.1, -0.05) is 29.1 Å². The molecule has 7 nitrogen and oxygen atoms in total. The highest BCUT2D eigenvalue weighted by molar-refractivity contribution is 7.98. The third-order valence-corrected chi connectivity index (χ3v) is 5.20. The first-order chi connectivity index (χ1) is 13.2. The second-order valence-electron chi connectivity index (χ2n) is 5.96. The molecular formula is C19H18N6OS. The van der Waals surface area contributed by atoms with Crippen LogP contribution in [-0.4, -0.2) is 36.9 Å². The number of aryl methyl sites for hydroxylation is 1. The molecule has 2 aromatic carbocycles. The van der Waals surface area contributed by atoms with E-state index in [0.29, 0.717) is 0 Å². The third kappa shape index (κ3) is 3.85. The van der Waals surface area contributed by atoms with Gasteiger partial charge in [0.15, 0.2) is 5.16 Å². The highest BCUT2D eigenvalue weighted by Crippen LogP contribution is 2.23. The zero-order valence-electron chi connectivity index (χ0n) is 15.0. The highest BCUT2D eigenvalue weighted by Gasteiger charge is 2.07. The Balaban J connectivity index is 1.51. The number of rotatable bonds is 6. The molecule has 136 valence electrons. The van der Waals surface area contributed by atoms with Crippen molar-refractivity contribution in [3.8, 4) is 22.7 Å². The number of ether oxygens (including phenoxy) is 1. The second-order valence-corrected chi connectivity index (χ2v) is 6.90. The number of aromatic nitrogens is 6. The number of hydrogen-bond donors (Lipinski definition) is 0. The van der Waals surface area contributed by atoms with E-state index in [2.05, 4.69) is 32.6 Å². The van der Waals surface area contributed by atoms with Crippen LogP contribution in [0.15, 0.2) is 66.2 Å². The minimum atomic E-state index is 0.806. The lowest BCUT2D eigenvalue weighted by Gasteiger charge is -2.05. The van der Waals surface area contributed by atoms with Crippen LogP contribution in [0.2, 0.25) is 0 Å². The van der Waals surface area contributed by atoms with Crippen molar-refractivity contribution in [3.05, 3.63) is 66.6 Å². The van der Waals surface area contributed by atoms with Crippen LogP contribution in [0.1, 0.15) is 5.56 Å². The highest BCUT2D eigenvalue weighted by atomic mass is 32.2. The predicted octanol–water partition coefficient (Wildman–Crippen LogP) is 3.36. The molecule has 27 heavy (non-hydrogen) atoms. The maximum atomic E-state index is 5.20. The fourth-order valence-corrected chi connectivity index (χ4v) is 3.45. The van der Waals surface area contributed by atoms with Gasteiger partial charge < -0.3 is 9.30 Å². The first-order valence-corrected chi connectivity index (χ1v) is 9.34. The minimum Gasteiger partial charge on any atom is -0.497 e. The van der Waals surface area contributed by atoms with Gasteiger partial charge in [-0.05, 0) is 42.0 Å². The van der Waals surface area contributed by atoms with Crippen molar-refractivity contribution in [2.45, 2.75) is 10.9 Å². The van der Waals surface area contributed by atoms with Crippen molar-refractivity contribution in [2.24, 2.45) is 7.05 Å². The first-order valence-electron chi connectivity index (χ1n) is 8.36. The van der Waals surface area contributed by atoms with Gasteiger partial charge in [0.05, 0.1) is 19.0 Å². The normalized spacial score (nSPS) is 10.9. The van der Waals surface area contributed by atoms with Crippen molar-refractivity contribution in [2.75, 3.05) is 7.11 Å². The van der Waals surface area contributed by atoms with Crippen molar-refractivity contribution in [3.63, 3.8) is 0 Å². The standard InChI is InChI=1S/C19H18N6OS/c1-24-13-20-22-19(24)27-12-14-4-3-5-16(10-14)25-11-18(21-23-25)15-6-8-17(26-2)9-7-15/h3-11,13H,12H2,1-2H3. The van der Waals surface area contributed by atoms with E-state index in [1.165, 1.54) is 5.56 Å². The van der Waals surface area contributed by atoms with Crippen molar-refractivity contribution in [1.29, 1.82) is 0 Å². The molecule has 0 aliphatic carbocycles. The van der Waals surface area contributed by atoms with Crippen molar-refractivity contribution < 1.29 is 4.74 Å². The van der Waals surface area contributed by atoms with Crippen LogP contribution in [-0.2, 0) is 12.8 Å². The quantitative estimate of drug-likeness (QED) is 0.479. The Morgan fingerprint density at radius 2 is 1.93 bits per heavy atom. The van der Waals surface area contributed by atoms with Gasteiger partial charge in [-0.15, -0.1) is 15.3 Å². The number of methoxy groups -OCH3 is 1. The summed E-state index contributed by atoms with van der Waals surface area (Å²) in [5.74, 6) is 1.62. The molecule has 0 saturated carbocycles. The van der Waals surface area contributed by atoms with Crippen LogP contribution in [0, 0.1) is 0 Å². The molecule has 0 saturated heterocycles. The van der Waals surface area contributed by atoms with Crippen molar-refractivity contribution >= 4 is 11.8 Å². The lowest BCUT2D eigenvalue weighted by atomic mass is 10.1. The van der Waals surface area contributed by atoms with Gasteiger partial charge in [-0.25, -0.2) is 4.68 Å². The fraction of sp³-hybridized carbons (Fsp3) is 0.158. The summed E-state index contributed by atoms with van der Waals surface area (Å²) < 4.78 is 8.89. The van der Waals surface area contributed by atoms with E-state index in [1.54, 1.807) is 29.9 Å². The summed E-state index contributed by atoms with van der Waals surface area (Å²) >= 11 is 1.65. The molecule has 0 radical (unpaired) electrons. The number of benzene rings is 2. The van der Waals surface area contributed by atoms with Gasteiger partial charge in [0, 0.05) is 18.4 Å². The van der Waals surface area contributed by atoms with E-state index in [0.717, 1.165) is 33.6 Å². The minimum absolute atomic E-state index is 0.806. The molecule has 0 amide bonds. The van der Waals surface area contributed by atoms with Gasteiger partial charge in [-0.2, -0.15) is 0 Å². The van der Waals surface area contributed by atoms with Crippen LogP contribution in [0.3, 0.4) is 0 Å². The molecule has 0 spiro atoms. The van der Waals surface area contributed by atoms with Gasteiger partial charge in [0.1, 0.15) is 17.8 Å². The molecule has 0 unspecified atom stereocenters. The van der Waals surface area contributed by atoms with E-state index < -0.39 is 0 Å². The van der Waals surface area contributed by atoms with Crippen LogP contribution in [0.4, 0.5) is 0 Å². The molecule has 4 aromatic rings. The molecule has 0 fully saturated rings. The van der Waals surface area contributed by atoms with E-state index >= 15 is 0 Å².